The van der Waals surface area contributed by atoms with Crippen molar-refractivity contribution >= 4 is 17.8 Å². The number of rotatable bonds is 3. The van der Waals surface area contributed by atoms with Gasteiger partial charge >= 0.3 is 5.97 Å². The van der Waals surface area contributed by atoms with Gasteiger partial charge in [0.2, 0.25) is 0 Å². The molecule has 2 aromatic rings. The normalized spacial score (nSPS) is 15.6. The molecule has 22 heavy (non-hydrogen) atoms. The van der Waals surface area contributed by atoms with Gasteiger partial charge in [0.15, 0.2) is 0 Å². The minimum Gasteiger partial charge on any atom is -0.496 e. The highest BCUT2D eigenvalue weighted by molar-refractivity contribution is 6.05. The van der Waals surface area contributed by atoms with Crippen LogP contribution in [-0.4, -0.2) is 13.1 Å². The Hall–Kier alpha value is -2.81. The lowest BCUT2D eigenvalue weighted by atomic mass is 10.1. The van der Waals surface area contributed by atoms with E-state index in [-0.39, 0.29) is 5.97 Å². The van der Waals surface area contributed by atoms with E-state index in [1.807, 2.05) is 55.5 Å². The number of para-hydroxylation sites is 1. The second kappa shape index (κ2) is 5.90. The molecule has 0 saturated heterocycles. The fourth-order valence-electron chi connectivity index (χ4n) is 2.30. The van der Waals surface area contributed by atoms with Crippen LogP contribution < -0.4 is 4.74 Å². The fraction of sp³-hybridized carbons (Fsp3) is 0.105. The van der Waals surface area contributed by atoms with Gasteiger partial charge in [-0.15, -0.1) is 0 Å². The molecule has 3 heteroatoms. The van der Waals surface area contributed by atoms with Crippen LogP contribution in [0.4, 0.5) is 0 Å². The summed E-state index contributed by atoms with van der Waals surface area (Å²) in [5, 5.41) is 0. The molecular formula is C19H16O3. The molecule has 1 aliphatic rings. The summed E-state index contributed by atoms with van der Waals surface area (Å²) in [5.74, 6) is 0.951. The average Bonchev–Trinajstić information content (AvgIpc) is 2.89. The highest BCUT2D eigenvalue weighted by atomic mass is 16.5. The number of hydrogen-bond donors (Lipinski definition) is 0. The van der Waals surface area contributed by atoms with Gasteiger partial charge in [-0.1, -0.05) is 48.0 Å². The third-order valence-electron chi connectivity index (χ3n) is 3.51. The number of benzene rings is 2. The van der Waals surface area contributed by atoms with Gasteiger partial charge in [-0.05, 0) is 25.1 Å². The zero-order chi connectivity index (χ0) is 15.5. The standard InChI is InChI=1S/C19H16O3/c1-13-7-9-14(10-8-13)18-12-16(19(20)22-18)11-15-5-3-4-6-17(15)21-2/h3-12H,1-2H3/b16-11-. The third-order valence-corrected chi connectivity index (χ3v) is 3.51. The molecule has 3 nitrogen and oxygen atoms in total. The van der Waals surface area contributed by atoms with E-state index in [2.05, 4.69) is 0 Å². The number of carbonyl (C=O) groups is 1. The maximum absolute atomic E-state index is 12.0. The molecule has 0 amide bonds. The Morgan fingerprint density at radius 1 is 1.05 bits per heavy atom. The van der Waals surface area contributed by atoms with Gasteiger partial charge in [-0.3, -0.25) is 0 Å². The van der Waals surface area contributed by atoms with Crippen molar-refractivity contribution in [2.75, 3.05) is 7.11 Å². The van der Waals surface area contributed by atoms with Crippen LogP contribution in [0.15, 0.2) is 60.2 Å². The first-order valence-corrected chi connectivity index (χ1v) is 7.03. The van der Waals surface area contributed by atoms with E-state index >= 15 is 0 Å². The predicted octanol–water partition coefficient (Wildman–Crippen LogP) is 3.98. The Labute approximate surface area is 129 Å². The quantitative estimate of drug-likeness (QED) is 0.634. The van der Waals surface area contributed by atoms with Crippen LogP contribution in [0.3, 0.4) is 0 Å². The highest BCUT2D eigenvalue weighted by Crippen LogP contribution is 2.29. The van der Waals surface area contributed by atoms with E-state index in [9.17, 15) is 4.79 Å². The van der Waals surface area contributed by atoms with Crippen molar-refractivity contribution in [2.45, 2.75) is 6.92 Å². The summed E-state index contributed by atoms with van der Waals surface area (Å²) in [4.78, 5) is 12.0. The van der Waals surface area contributed by atoms with Gasteiger partial charge < -0.3 is 9.47 Å². The van der Waals surface area contributed by atoms with Crippen LogP contribution in [0.1, 0.15) is 16.7 Å². The molecule has 3 rings (SSSR count). The number of hydrogen-bond acceptors (Lipinski definition) is 3. The van der Waals surface area contributed by atoms with E-state index < -0.39 is 0 Å². The molecule has 0 unspecified atom stereocenters. The maximum Gasteiger partial charge on any atom is 0.343 e. The maximum atomic E-state index is 12.0. The second-order valence-electron chi connectivity index (χ2n) is 5.11. The monoisotopic (exact) mass is 292 g/mol. The Morgan fingerprint density at radius 3 is 2.50 bits per heavy atom. The third kappa shape index (κ3) is 2.79. The van der Waals surface area contributed by atoms with Crippen molar-refractivity contribution in [1.82, 2.24) is 0 Å². The highest BCUT2D eigenvalue weighted by Gasteiger charge is 2.22. The lowest BCUT2D eigenvalue weighted by Gasteiger charge is -2.03. The Balaban J connectivity index is 1.96. The van der Waals surface area contributed by atoms with Crippen LogP contribution in [-0.2, 0) is 9.53 Å². The molecule has 0 fully saturated rings. The molecule has 0 atom stereocenters. The number of cyclic esters (lactones) is 1. The van der Waals surface area contributed by atoms with E-state index in [0.717, 1.165) is 16.9 Å². The Morgan fingerprint density at radius 2 is 1.77 bits per heavy atom. The van der Waals surface area contributed by atoms with E-state index in [1.165, 1.54) is 5.56 Å². The second-order valence-corrected chi connectivity index (χ2v) is 5.11. The summed E-state index contributed by atoms with van der Waals surface area (Å²) in [6, 6.07) is 15.4. The summed E-state index contributed by atoms with van der Waals surface area (Å²) in [6.07, 6.45) is 3.54. The largest absolute Gasteiger partial charge is 0.496 e. The van der Waals surface area contributed by atoms with Crippen molar-refractivity contribution in [1.29, 1.82) is 0 Å². The predicted molar refractivity (Wildman–Crippen MR) is 86.2 cm³/mol. The Bertz CT molecular complexity index is 768. The number of methoxy groups -OCH3 is 1. The summed E-state index contributed by atoms with van der Waals surface area (Å²) in [7, 11) is 1.61. The molecule has 0 N–H and O–H groups in total. The van der Waals surface area contributed by atoms with Crippen molar-refractivity contribution < 1.29 is 14.3 Å². The molecule has 1 aliphatic heterocycles. The molecule has 1 heterocycles. The molecular weight excluding hydrogens is 276 g/mol. The minimum atomic E-state index is -0.346. The molecule has 0 aromatic heterocycles. The van der Waals surface area contributed by atoms with E-state index in [0.29, 0.717) is 11.3 Å². The molecule has 110 valence electrons. The van der Waals surface area contributed by atoms with Crippen LogP contribution in [0.25, 0.3) is 11.8 Å². The van der Waals surface area contributed by atoms with Crippen molar-refractivity contribution in [2.24, 2.45) is 0 Å². The van der Waals surface area contributed by atoms with Crippen molar-refractivity contribution in [3.8, 4) is 5.75 Å². The molecule has 0 saturated carbocycles. The fourth-order valence-corrected chi connectivity index (χ4v) is 2.30. The first kappa shape index (κ1) is 14.1. The minimum absolute atomic E-state index is 0.346. The summed E-state index contributed by atoms with van der Waals surface area (Å²) >= 11 is 0. The molecule has 0 bridgehead atoms. The molecule has 0 aliphatic carbocycles. The average molecular weight is 292 g/mol. The summed E-state index contributed by atoms with van der Waals surface area (Å²) in [5.41, 5.74) is 3.42. The van der Waals surface area contributed by atoms with E-state index in [4.69, 9.17) is 9.47 Å². The number of carbonyl (C=O) groups excluding carboxylic acids is 1. The van der Waals surface area contributed by atoms with E-state index in [1.54, 1.807) is 19.3 Å². The SMILES string of the molecule is COc1ccccc1/C=C1/C=C(c2ccc(C)cc2)OC1=O. The molecule has 0 radical (unpaired) electrons. The van der Waals surface area contributed by atoms with Gasteiger partial charge in [-0.25, -0.2) is 4.79 Å². The zero-order valence-corrected chi connectivity index (χ0v) is 12.5. The summed E-state index contributed by atoms with van der Waals surface area (Å²) < 4.78 is 10.7. The van der Waals surface area contributed by atoms with Gasteiger partial charge in [0.25, 0.3) is 0 Å². The number of aryl methyl sites for hydroxylation is 1. The van der Waals surface area contributed by atoms with Gasteiger partial charge in [0.05, 0.1) is 12.7 Å². The lowest BCUT2D eigenvalue weighted by Crippen LogP contribution is -1.97. The van der Waals surface area contributed by atoms with Crippen LogP contribution in [0.2, 0.25) is 0 Å². The Kier molecular flexibility index (Phi) is 3.79. The zero-order valence-electron chi connectivity index (χ0n) is 12.5. The van der Waals surface area contributed by atoms with Gasteiger partial charge in [0, 0.05) is 11.1 Å². The first-order chi connectivity index (χ1) is 10.7. The lowest BCUT2D eigenvalue weighted by molar-refractivity contribution is -0.130. The first-order valence-electron chi connectivity index (χ1n) is 7.03. The van der Waals surface area contributed by atoms with Crippen LogP contribution in [0.5, 0.6) is 5.75 Å². The van der Waals surface area contributed by atoms with Gasteiger partial charge in [0.1, 0.15) is 11.5 Å². The van der Waals surface area contributed by atoms with Crippen molar-refractivity contribution in [3.63, 3.8) is 0 Å². The topological polar surface area (TPSA) is 35.5 Å². The smallest absolute Gasteiger partial charge is 0.343 e. The van der Waals surface area contributed by atoms with Gasteiger partial charge in [-0.2, -0.15) is 0 Å². The molecule has 0 spiro atoms. The van der Waals surface area contributed by atoms with Crippen LogP contribution >= 0.6 is 0 Å². The van der Waals surface area contributed by atoms with Crippen LogP contribution in [0, 0.1) is 6.92 Å². The molecule has 2 aromatic carbocycles. The number of ether oxygens (including phenoxy) is 2. The number of esters is 1. The summed E-state index contributed by atoms with van der Waals surface area (Å²) in [6.45, 7) is 2.02. The van der Waals surface area contributed by atoms with Crippen molar-refractivity contribution in [3.05, 3.63) is 76.9 Å².